The molecule has 0 aromatic heterocycles. The highest BCUT2D eigenvalue weighted by atomic mass is 16.6. The van der Waals surface area contributed by atoms with Crippen molar-refractivity contribution in [1.82, 2.24) is 0 Å². The zero-order valence-corrected chi connectivity index (χ0v) is 26.1. The number of ether oxygens (including phenoxy) is 4. The Kier molecular flexibility index (Phi) is 8.03. The van der Waals surface area contributed by atoms with Gasteiger partial charge in [-0.05, 0) is 65.1 Å². The quantitative estimate of drug-likeness (QED) is 0.173. The maximum absolute atomic E-state index is 14.0. The maximum atomic E-state index is 14.0. The lowest BCUT2D eigenvalue weighted by Gasteiger charge is -2.40. The molecule has 4 aromatic carbocycles. The van der Waals surface area contributed by atoms with Gasteiger partial charge in [0.1, 0.15) is 17.1 Å². The van der Waals surface area contributed by atoms with Gasteiger partial charge in [0.05, 0.1) is 50.1 Å². The molecule has 5 atom stereocenters. The van der Waals surface area contributed by atoms with Gasteiger partial charge < -0.3 is 24.1 Å². The van der Waals surface area contributed by atoms with Gasteiger partial charge in [-0.25, -0.2) is 4.90 Å². The van der Waals surface area contributed by atoms with Crippen LogP contribution in [0.3, 0.4) is 0 Å². The van der Waals surface area contributed by atoms with E-state index >= 15 is 0 Å². The molecule has 2 amide bonds. The number of amides is 2. The third kappa shape index (κ3) is 5.25. The monoisotopic (exact) mass is 633 g/mol. The smallest absolute Gasteiger partial charge is 0.303 e. The van der Waals surface area contributed by atoms with Crippen molar-refractivity contribution >= 4 is 23.5 Å². The lowest BCUT2D eigenvalue weighted by molar-refractivity contribution is -0.137. The minimum atomic E-state index is -1.09. The summed E-state index contributed by atoms with van der Waals surface area (Å²) in [5.74, 6) is -1.31. The number of carbonyl (C=O) groups is 3. The van der Waals surface area contributed by atoms with Gasteiger partial charge in [0.15, 0.2) is 0 Å². The minimum Gasteiger partial charge on any atom is -0.497 e. The van der Waals surface area contributed by atoms with Crippen LogP contribution < -0.4 is 14.4 Å². The van der Waals surface area contributed by atoms with Gasteiger partial charge in [-0.3, -0.25) is 14.4 Å². The minimum absolute atomic E-state index is 0.00464. The van der Waals surface area contributed by atoms with E-state index < -0.39 is 41.7 Å². The summed E-state index contributed by atoms with van der Waals surface area (Å²) in [6, 6.07) is 32.4. The predicted octanol–water partition coefficient (Wildman–Crippen LogP) is 5.38. The van der Waals surface area contributed by atoms with Crippen molar-refractivity contribution in [2.75, 3.05) is 19.1 Å². The SMILES string of the molecule is COc1ccc(C(O[C@H]2CC3OC2C2C(=O)N(c4ccc(CCC(=O)O)cc4)C(=O)C32)(c2ccccc2)c2ccc(OC)cc2)cc1. The van der Waals surface area contributed by atoms with Crippen molar-refractivity contribution in [3.8, 4) is 11.5 Å². The van der Waals surface area contributed by atoms with Crippen LogP contribution in [0, 0.1) is 11.8 Å². The van der Waals surface area contributed by atoms with Gasteiger partial charge in [-0.15, -0.1) is 0 Å². The number of anilines is 1. The molecule has 7 rings (SSSR count). The number of imide groups is 1. The molecule has 2 bridgehead atoms. The van der Waals surface area contributed by atoms with Gasteiger partial charge in [-0.1, -0.05) is 66.7 Å². The average Bonchev–Trinajstić information content (AvgIpc) is 3.77. The number of carboxylic acid groups (broad SMARTS) is 1. The molecule has 4 unspecified atom stereocenters. The standard InChI is InChI=1S/C38H35NO8/c1-44-28-17-11-25(12-18-28)38(24-6-4-3-5-7-24,26-13-19-29(45-2)20-14-26)47-31-22-30-33-34(35(31)46-30)37(43)39(36(33)42)27-15-8-23(9-16-27)10-21-32(40)41/h3-9,11-20,30-31,33-35H,10,21-22H2,1-2H3,(H,40,41)/t30?,31-,33?,34?,35?/m0/s1. The summed E-state index contributed by atoms with van der Waals surface area (Å²) >= 11 is 0. The maximum Gasteiger partial charge on any atom is 0.303 e. The van der Waals surface area contributed by atoms with Crippen molar-refractivity contribution in [2.45, 2.75) is 43.2 Å². The zero-order chi connectivity index (χ0) is 32.7. The van der Waals surface area contributed by atoms with Crippen molar-refractivity contribution < 1.29 is 38.4 Å². The fraction of sp³-hybridized carbons (Fsp3) is 0.289. The molecule has 0 spiro atoms. The molecule has 3 saturated heterocycles. The number of carbonyl (C=O) groups excluding carboxylic acids is 2. The molecule has 4 aromatic rings. The summed E-state index contributed by atoms with van der Waals surface area (Å²) in [6.45, 7) is 0. The number of carboxylic acids is 1. The summed E-state index contributed by atoms with van der Waals surface area (Å²) in [5.41, 5.74) is 2.83. The number of nitrogens with zero attached hydrogens (tertiary/aromatic N) is 1. The fourth-order valence-electron chi connectivity index (χ4n) is 7.39. The summed E-state index contributed by atoms with van der Waals surface area (Å²) in [5, 5.41) is 9.02. The van der Waals surface area contributed by atoms with Crippen molar-refractivity contribution in [3.63, 3.8) is 0 Å². The number of fused-ring (bicyclic) bond motifs is 5. The Labute approximate surface area is 272 Å². The van der Waals surface area contributed by atoms with Crippen molar-refractivity contribution in [3.05, 3.63) is 125 Å². The Morgan fingerprint density at radius 2 is 1.34 bits per heavy atom. The number of hydrogen-bond acceptors (Lipinski definition) is 7. The van der Waals surface area contributed by atoms with Crippen LogP contribution in [0.1, 0.15) is 35.1 Å². The lowest BCUT2D eigenvalue weighted by atomic mass is 9.77. The summed E-state index contributed by atoms with van der Waals surface area (Å²) in [6.07, 6.45) is -0.767. The number of aryl methyl sites for hydroxylation is 1. The molecule has 1 N–H and O–H groups in total. The van der Waals surface area contributed by atoms with E-state index in [1.54, 1.807) is 38.5 Å². The summed E-state index contributed by atoms with van der Waals surface area (Å²) < 4.78 is 24.6. The average molecular weight is 634 g/mol. The Bertz CT molecular complexity index is 1720. The fourth-order valence-corrected chi connectivity index (χ4v) is 7.39. The van der Waals surface area contributed by atoms with Crippen LogP contribution in [-0.4, -0.2) is 55.4 Å². The number of benzene rings is 4. The van der Waals surface area contributed by atoms with E-state index in [1.165, 1.54) is 4.90 Å². The topological polar surface area (TPSA) is 112 Å². The van der Waals surface area contributed by atoms with Crippen molar-refractivity contribution in [1.29, 1.82) is 0 Å². The highest BCUT2D eigenvalue weighted by Gasteiger charge is 2.67. The molecule has 3 aliphatic heterocycles. The first-order valence-electron chi connectivity index (χ1n) is 15.7. The van der Waals surface area contributed by atoms with Crippen LogP contribution in [0.5, 0.6) is 11.5 Å². The predicted molar refractivity (Wildman–Crippen MR) is 172 cm³/mol. The molecule has 47 heavy (non-hydrogen) atoms. The number of aliphatic carboxylic acids is 1. The molecule has 0 saturated carbocycles. The van der Waals surface area contributed by atoms with E-state index in [0.717, 1.165) is 22.3 Å². The van der Waals surface area contributed by atoms with Gasteiger partial charge in [0.2, 0.25) is 11.8 Å². The Hall–Kier alpha value is -4.99. The Morgan fingerprint density at radius 3 is 1.89 bits per heavy atom. The van der Waals surface area contributed by atoms with Crippen LogP contribution in [0.25, 0.3) is 0 Å². The van der Waals surface area contributed by atoms with Gasteiger partial charge >= 0.3 is 5.97 Å². The normalized spacial score (nSPS) is 23.2. The second-order valence-electron chi connectivity index (χ2n) is 12.2. The molecule has 9 nitrogen and oxygen atoms in total. The lowest BCUT2D eigenvalue weighted by Crippen LogP contribution is -2.45. The Balaban J connectivity index is 1.24. The molecular weight excluding hydrogens is 598 g/mol. The van der Waals surface area contributed by atoms with Crippen LogP contribution in [0.4, 0.5) is 5.69 Å². The zero-order valence-electron chi connectivity index (χ0n) is 26.1. The highest BCUT2D eigenvalue weighted by molar-refractivity contribution is 6.22. The number of rotatable bonds is 11. The first-order chi connectivity index (χ1) is 22.8. The van der Waals surface area contributed by atoms with Gasteiger partial charge in [-0.2, -0.15) is 0 Å². The van der Waals surface area contributed by atoms with Crippen LogP contribution >= 0.6 is 0 Å². The molecule has 3 heterocycles. The molecule has 0 aliphatic carbocycles. The van der Waals surface area contributed by atoms with E-state index in [9.17, 15) is 14.4 Å². The van der Waals surface area contributed by atoms with Crippen molar-refractivity contribution in [2.24, 2.45) is 11.8 Å². The molecular formula is C38H35NO8. The van der Waals surface area contributed by atoms with E-state index in [4.69, 9.17) is 24.1 Å². The molecule has 3 fully saturated rings. The summed E-state index contributed by atoms with van der Waals surface area (Å²) in [4.78, 5) is 40.0. The largest absolute Gasteiger partial charge is 0.497 e. The third-order valence-electron chi connectivity index (χ3n) is 9.64. The van der Waals surface area contributed by atoms with Crippen LogP contribution in [0.2, 0.25) is 0 Å². The first kappa shape index (κ1) is 30.7. The third-order valence-corrected chi connectivity index (χ3v) is 9.64. The first-order valence-corrected chi connectivity index (χ1v) is 15.7. The van der Waals surface area contributed by atoms with E-state index in [1.807, 2.05) is 78.9 Å². The van der Waals surface area contributed by atoms with Gasteiger partial charge in [0, 0.05) is 12.8 Å². The number of methoxy groups -OCH3 is 2. The molecule has 3 aliphatic rings. The molecule has 0 radical (unpaired) electrons. The highest BCUT2D eigenvalue weighted by Crippen LogP contribution is 2.53. The van der Waals surface area contributed by atoms with Gasteiger partial charge in [0.25, 0.3) is 0 Å². The second-order valence-corrected chi connectivity index (χ2v) is 12.2. The molecule has 240 valence electrons. The Morgan fingerprint density at radius 1 is 0.787 bits per heavy atom. The van der Waals surface area contributed by atoms with E-state index in [-0.39, 0.29) is 18.2 Å². The van der Waals surface area contributed by atoms with E-state index in [0.29, 0.717) is 30.0 Å². The molecule has 9 heteroatoms. The van der Waals surface area contributed by atoms with Crippen LogP contribution in [0.15, 0.2) is 103 Å². The second kappa shape index (κ2) is 12.3. The van der Waals surface area contributed by atoms with E-state index in [2.05, 4.69) is 0 Å². The van der Waals surface area contributed by atoms with Crippen LogP contribution in [-0.2, 0) is 35.9 Å². The number of hydrogen-bond donors (Lipinski definition) is 1. The summed E-state index contributed by atoms with van der Waals surface area (Å²) in [7, 11) is 3.25.